The van der Waals surface area contributed by atoms with Crippen LogP contribution < -0.4 is 16.4 Å². The Morgan fingerprint density at radius 1 is 1.40 bits per heavy atom. The summed E-state index contributed by atoms with van der Waals surface area (Å²) < 4.78 is 1.54. The van der Waals surface area contributed by atoms with Crippen LogP contribution in [0.15, 0.2) is 0 Å². The van der Waals surface area contributed by atoms with Gasteiger partial charge in [0.15, 0.2) is 0 Å². The molecule has 0 saturated heterocycles. The lowest BCUT2D eigenvalue weighted by Crippen LogP contribution is -2.46. The van der Waals surface area contributed by atoms with E-state index in [1.807, 2.05) is 6.92 Å². The van der Waals surface area contributed by atoms with E-state index in [2.05, 4.69) is 15.7 Å². The molecule has 0 aliphatic heterocycles. The molecular formula is C13H23N5O2. The molecule has 1 atom stereocenters. The van der Waals surface area contributed by atoms with Gasteiger partial charge in [0.05, 0.1) is 17.1 Å². The molecule has 0 aliphatic rings. The summed E-state index contributed by atoms with van der Waals surface area (Å²) in [7, 11) is 0. The van der Waals surface area contributed by atoms with Gasteiger partial charge in [-0.15, -0.1) is 0 Å². The van der Waals surface area contributed by atoms with Gasteiger partial charge in [0.1, 0.15) is 12.6 Å². The Kier molecular flexibility index (Phi) is 5.54. The zero-order valence-electron chi connectivity index (χ0n) is 12.5. The average Bonchev–Trinajstić information content (AvgIpc) is 2.63. The maximum atomic E-state index is 11.9. The van der Waals surface area contributed by atoms with Crippen molar-refractivity contribution in [3.05, 3.63) is 11.4 Å². The SMILES string of the molecule is CCCNC(=O)C(C)NC(=O)Cn1nc(C)c(N)c1C. The summed E-state index contributed by atoms with van der Waals surface area (Å²) in [5.74, 6) is -0.456. The quantitative estimate of drug-likeness (QED) is 0.689. The number of hydrogen-bond donors (Lipinski definition) is 3. The van der Waals surface area contributed by atoms with Crippen LogP contribution in [-0.4, -0.2) is 34.2 Å². The number of rotatable bonds is 6. The van der Waals surface area contributed by atoms with Crippen molar-refractivity contribution in [2.24, 2.45) is 0 Å². The predicted octanol–water partition coefficient (Wildman–Crippen LogP) is 0.113. The van der Waals surface area contributed by atoms with Crippen molar-refractivity contribution in [3.63, 3.8) is 0 Å². The number of hydrogen-bond acceptors (Lipinski definition) is 4. The highest BCUT2D eigenvalue weighted by Gasteiger charge is 2.17. The van der Waals surface area contributed by atoms with E-state index in [0.717, 1.165) is 12.1 Å². The van der Waals surface area contributed by atoms with Crippen LogP contribution >= 0.6 is 0 Å². The third kappa shape index (κ3) is 3.97. The van der Waals surface area contributed by atoms with Gasteiger partial charge in [-0.2, -0.15) is 5.10 Å². The van der Waals surface area contributed by atoms with Crippen molar-refractivity contribution in [2.45, 2.75) is 46.7 Å². The summed E-state index contributed by atoms with van der Waals surface area (Å²) in [6.07, 6.45) is 0.859. The maximum absolute atomic E-state index is 11.9. The Morgan fingerprint density at radius 3 is 2.55 bits per heavy atom. The van der Waals surface area contributed by atoms with Crippen LogP contribution in [0.1, 0.15) is 31.7 Å². The number of aryl methyl sites for hydroxylation is 1. The molecule has 1 rings (SSSR count). The number of anilines is 1. The standard InChI is InChI=1S/C13H23N5O2/c1-5-6-15-13(20)9(3)16-11(19)7-18-10(4)12(14)8(2)17-18/h9H,5-7,14H2,1-4H3,(H,15,20)(H,16,19). The normalized spacial score (nSPS) is 12.0. The number of amides is 2. The average molecular weight is 281 g/mol. The first kappa shape index (κ1) is 16.0. The summed E-state index contributed by atoms with van der Waals surface area (Å²) in [6.45, 7) is 7.87. The van der Waals surface area contributed by atoms with Gasteiger partial charge in [-0.1, -0.05) is 6.92 Å². The van der Waals surface area contributed by atoms with Gasteiger partial charge in [-0.25, -0.2) is 0 Å². The van der Waals surface area contributed by atoms with Crippen LogP contribution in [0.4, 0.5) is 5.69 Å². The van der Waals surface area contributed by atoms with Gasteiger partial charge < -0.3 is 16.4 Å². The third-order valence-electron chi connectivity index (χ3n) is 3.05. The van der Waals surface area contributed by atoms with Crippen molar-refractivity contribution in [1.82, 2.24) is 20.4 Å². The fourth-order valence-corrected chi connectivity index (χ4v) is 1.75. The Hall–Kier alpha value is -2.05. The molecule has 1 unspecified atom stereocenters. The van der Waals surface area contributed by atoms with E-state index in [9.17, 15) is 9.59 Å². The topological polar surface area (TPSA) is 102 Å². The first-order chi connectivity index (χ1) is 9.36. The number of nitrogen functional groups attached to an aromatic ring is 1. The second kappa shape index (κ2) is 6.93. The highest BCUT2D eigenvalue weighted by atomic mass is 16.2. The summed E-state index contributed by atoms with van der Waals surface area (Å²) in [5, 5.41) is 9.55. The lowest BCUT2D eigenvalue weighted by Gasteiger charge is -2.14. The molecule has 0 spiro atoms. The van der Waals surface area contributed by atoms with E-state index in [-0.39, 0.29) is 18.4 Å². The van der Waals surface area contributed by atoms with Crippen molar-refractivity contribution < 1.29 is 9.59 Å². The number of nitrogens with one attached hydrogen (secondary N) is 2. The minimum Gasteiger partial charge on any atom is -0.396 e. The van der Waals surface area contributed by atoms with Crippen molar-refractivity contribution in [2.75, 3.05) is 12.3 Å². The fourth-order valence-electron chi connectivity index (χ4n) is 1.75. The predicted molar refractivity (Wildman–Crippen MR) is 77.0 cm³/mol. The first-order valence-corrected chi connectivity index (χ1v) is 6.73. The molecule has 2 amide bonds. The first-order valence-electron chi connectivity index (χ1n) is 6.73. The van der Waals surface area contributed by atoms with Gasteiger partial charge in [0.2, 0.25) is 11.8 Å². The van der Waals surface area contributed by atoms with Gasteiger partial charge in [-0.3, -0.25) is 14.3 Å². The van der Waals surface area contributed by atoms with E-state index < -0.39 is 6.04 Å². The zero-order chi connectivity index (χ0) is 15.3. The Morgan fingerprint density at radius 2 is 2.05 bits per heavy atom. The van der Waals surface area contributed by atoms with Crippen LogP contribution in [0.2, 0.25) is 0 Å². The molecule has 0 aliphatic carbocycles. The van der Waals surface area contributed by atoms with E-state index in [1.165, 1.54) is 4.68 Å². The molecule has 0 aromatic carbocycles. The molecule has 1 heterocycles. The number of carbonyl (C=O) groups excluding carboxylic acids is 2. The Balaban J connectivity index is 2.55. The highest BCUT2D eigenvalue weighted by Crippen LogP contribution is 2.14. The van der Waals surface area contributed by atoms with E-state index >= 15 is 0 Å². The number of nitrogens with zero attached hydrogens (tertiary/aromatic N) is 2. The molecule has 1 aromatic rings. The molecule has 0 radical (unpaired) electrons. The molecule has 0 fully saturated rings. The van der Waals surface area contributed by atoms with Gasteiger partial charge in [0, 0.05) is 6.54 Å². The minimum atomic E-state index is -0.566. The van der Waals surface area contributed by atoms with Crippen molar-refractivity contribution in [1.29, 1.82) is 0 Å². The summed E-state index contributed by atoms with van der Waals surface area (Å²) >= 11 is 0. The second-order valence-corrected chi connectivity index (χ2v) is 4.82. The molecule has 112 valence electrons. The molecule has 7 heteroatoms. The summed E-state index contributed by atoms with van der Waals surface area (Å²) in [5.41, 5.74) is 7.84. The molecule has 20 heavy (non-hydrogen) atoms. The van der Waals surface area contributed by atoms with E-state index in [0.29, 0.717) is 17.9 Å². The van der Waals surface area contributed by atoms with Gasteiger partial charge in [0.25, 0.3) is 0 Å². The van der Waals surface area contributed by atoms with Crippen LogP contribution in [0.3, 0.4) is 0 Å². The van der Waals surface area contributed by atoms with Crippen molar-refractivity contribution >= 4 is 17.5 Å². The monoisotopic (exact) mass is 281 g/mol. The molecule has 4 N–H and O–H groups in total. The van der Waals surface area contributed by atoms with Crippen LogP contribution in [0, 0.1) is 13.8 Å². The largest absolute Gasteiger partial charge is 0.396 e. The summed E-state index contributed by atoms with van der Waals surface area (Å²) in [6, 6.07) is -0.566. The van der Waals surface area contributed by atoms with Crippen LogP contribution in [0.5, 0.6) is 0 Å². The molecule has 1 aromatic heterocycles. The second-order valence-electron chi connectivity index (χ2n) is 4.82. The van der Waals surface area contributed by atoms with Gasteiger partial charge >= 0.3 is 0 Å². The lowest BCUT2D eigenvalue weighted by molar-refractivity contribution is -0.129. The Bertz CT molecular complexity index is 495. The van der Waals surface area contributed by atoms with Crippen LogP contribution in [0.25, 0.3) is 0 Å². The fraction of sp³-hybridized carbons (Fsp3) is 0.615. The van der Waals surface area contributed by atoms with E-state index in [4.69, 9.17) is 5.73 Å². The summed E-state index contributed by atoms with van der Waals surface area (Å²) in [4.78, 5) is 23.5. The molecular weight excluding hydrogens is 258 g/mol. The maximum Gasteiger partial charge on any atom is 0.242 e. The molecule has 7 nitrogen and oxygen atoms in total. The number of carbonyl (C=O) groups is 2. The van der Waals surface area contributed by atoms with E-state index in [1.54, 1.807) is 20.8 Å². The van der Waals surface area contributed by atoms with Crippen molar-refractivity contribution in [3.8, 4) is 0 Å². The Labute approximate surface area is 118 Å². The highest BCUT2D eigenvalue weighted by molar-refractivity contribution is 5.87. The zero-order valence-corrected chi connectivity index (χ0v) is 12.5. The molecule has 0 saturated carbocycles. The van der Waals surface area contributed by atoms with Gasteiger partial charge in [-0.05, 0) is 27.2 Å². The van der Waals surface area contributed by atoms with Crippen LogP contribution in [-0.2, 0) is 16.1 Å². The lowest BCUT2D eigenvalue weighted by atomic mass is 10.3. The number of nitrogens with two attached hydrogens (primary N) is 1. The smallest absolute Gasteiger partial charge is 0.242 e. The molecule has 0 bridgehead atoms. The minimum absolute atomic E-state index is 0.0509. The number of aromatic nitrogens is 2. The third-order valence-corrected chi connectivity index (χ3v) is 3.05.